The number of fused-ring (bicyclic) bond motifs is 1. The average molecular weight is 696 g/mol. The van der Waals surface area contributed by atoms with Crippen molar-refractivity contribution in [1.82, 2.24) is 14.5 Å². The number of aromatic nitrogens is 2. The molecule has 0 unspecified atom stereocenters. The molecule has 11 nitrogen and oxygen atoms in total. The summed E-state index contributed by atoms with van der Waals surface area (Å²) in [5.74, 6) is 3.60. The molecule has 2 heterocycles. The molecule has 1 aliphatic rings. The van der Waals surface area contributed by atoms with Crippen molar-refractivity contribution in [1.29, 1.82) is 0 Å². The number of primary amides is 1. The van der Waals surface area contributed by atoms with Gasteiger partial charge in [0.15, 0.2) is 9.84 Å². The van der Waals surface area contributed by atoms with Crippen molar-refractivity contribution < 1.29 is 45.0 Å². The van der Waals surface area contributed by atoms with Gasteiger partial charge in [-0.1, -0.05) is 17.4 Å². The molecule has 0 bridgehead atoms. The van der Waals surface area contributed by atoms with Gasteiger partial charge >= 0.3 is 12.3 Å². The second-order valence-corrected chi connectivity index (χ2v) is 13.9. The monoisotopic (exact) mass is 695 g/mol. The van der Waals surface area contributed by atoms with E-state index in [1.807, 2.05) is 33.9 Å². The first-order valence-electron chi connectivity index (χ1n) is 14.5. The van der Waals surface area contributed by atoms with Crippen LogP contribution in [0, 0.1) is 17.7 Å². The van der Waals surface area contributed by atoms with Crippen LogP contribution in [0.3, 0.4) is 0 Å². The van der Waals surface area contributed by atoms with Crippen molar-refractivity contribution in [2.24, 2.45) is 5.73 Å². The van der Waals surface area contributed by atoms with E-state index in [0.717, 1.165) is 48.7 Å². The Labute approximate surface area is 276 Å². The van der Waals surface area contributed by atoms with Crippen LogP contribution in [-0.4, -0.2) is 73.1 Å². The van der Waals surface area contributed by atoms with E-state index in [4.69, 9.17) is 15.2 Å². The highest BCUT2D eigenvalue weighted by molar-refractivity contribution is 7.90. The third kappa shape index (κ3) is 10.6. The number of nitrogens with two attached hydrogens (primary N) is 1. The largest absolute Gasteiger partial charge is 0.495 e. The number of benzene rings is 2. The quantitative estimate of drug-likeness (QED) is 0.249. The van der Waals surface area contributed by atoms with Crippen LogP contribution in [0.1, 0.15) is 56.5 Å². The van der Waals surface area contributed by atoms with E-state index >= 15 is 0 Å². The van der Waals surface area contributed by atoms with Crippen LogP contribution in [0.4, 0.5) is 28.0 Å². The summed E-state index contributed by atoms with van der Waals surface area (Å²) in [6.07, 6.45) is 1.08. The normalized spacial score (nSPS) is 13.5. The summed E-state index contributed by atoms with van der Waals surface area (Å²) in [6, 6.07) is 4.64. The van der Waals surface area contributed by atoms with Gasteiger partial charge in [0, 0.05) is 36.7 Å². The molecule has 0 atom stereocenters. The predicted octanol–water partition coefficient (Wildman–Crippen LogP) is 5.63. The Morgan fingerprint density at radius 2 is 1.83 bits per heavy atom. The number of anilines is 1. The zero-order valence-corrected chi connectivity index (χ0v) is 28.1. The van der Waals surface area contributed by atoms with Gasteiger partial charge in [0.25, 0.3) is 5.91 Å². The number of carbonyl (C=O) groups is 2. The number of sulfone groups is 1. The second kappa shape index (κ2) is 15.0. The highest BCUT2D eigenvalue weighted by Crippen LogP contribution is 2.30. The average Bonchev–Trinajstić information content (AvgIpc) is 3.34. The van der Waals surface area contributed by atoms with Crippen LogP contribution in [0.25, 0.3) is 11.0 Å². The molecule has 0 radical (unpaired) electrons. The number of hydrogen-bond acceptors (Lipinski definition) is 8. The number of imidazole rings is 1. The van der Waals surface area contributed by atoms with Gasteiger partial charge in [0.05, 0.1) is 36.7 Å². The lowest BCUT2D eigenvalue weighted by Gasteiger charge is -2.27. The predicted molar refractivity (Wildman–Crippen MR) is 172 cm³/mol. The molecule has 0 spiro atoms. The summed E-state index contributed by atoms with van der Waals surface area (Å²) in [6.45, 7) is 7.07. The third-order valence-electron chi connectivity index (χ3n) is 6.57. The van der Waals surface area contributed by atoms with Crippen LogP contribution in [0.15, 0.2) is 47.3 Å². The lowest BCUT2D eigenvalue weighted by Crippen LogP contribution is -2.35. The van der Waals surface area contributed by atoms with Gasteiger partial charge < -0.3 is 25.1 Å². The molecule has 16 heteroatoms. The first-order chi connectivity index (χ1) is 22.2. The smallest absolute Gasteiger partial charge is 0.414 e. The fraction of sp³-hybridized carbons (Fsp3) is 0.406. The Bertz CT molecular complexity index is 1890. The molecule has 3 aromatic rings. The molecule has 4 rings (SSSR count). The van der Waals surface area contributed by atoms with Crippen molar-refractivity contribution in [3.05, 3.63) is 59.3 Å². The zero-order valence-electron chi connectivity index (χ0n) is 27.3. The van der Waals surface area contributed by atoms with E-state index in [0.29, 0.717) is 0 Å². The fourth-order valence-electron chi connectivity index (χ4n) is 4.54. The Morgan fingerprint density at radius 1 is 1.15 bits per heavy atom. The molecular formula is C32H37F4N5O6S. The maximum atomic E-state index is 14.2. The number of amides is 2. The van der Waals surface area contributed by atoms with Crippen LogP contribution in [0.5, 0.6) is 5.75 Å². The lowest BCUT2D eigenvalue weighted by atomic mass is 10.1. The molecule has 2 aromatic carbocycles. The summed E-state index contributed by atoms with van der Waals surface area (Å²) in [4.78, 5) is 28.4. The number of hydrogen-bond donors (Lipinski definition) is 2. The zero-order chi connectivity index (χ0) is 36.0. The summed E-state index contributed by atoms with van der Waals surface area (Å²) in [7, 11) is -2.53. The number of halogens is 4. The number of allylic oxidation sites excluding steroid dienone is 1. The van der Waals surface area contributed by atoms with Gasteiger partial charge in [-0.2, -0.15) is 13.2 Å². The minimum Gasteiger partial charge on any atom is -0.495 e. The van der Waals surface area contributed by atoms with Gasteiger partial charge in [0.1, 0.15) is 34.1 Å². The number of alkyl halides is 3. The molecule has 48 heavy (non-hydrogen) atoms. The molecule has 1 aliphatic heterocycles. The minimum atomic E-state index is -4.51. The highest BCUT2D eigenvalue weighted by Gasteiger charge is 2.29. The first kappa shape index (κ1) is 37.7. The molecule has 2 amide bonds. The van der Waals surface area contributed by atoms with E-state index in [9.17, 15) is 35.6 Å². The fourth-order valence-corrected chi connectivity index (χ4v) is 5.28. The Morgan fingerprint density at radius 3 is 2.40 bits per heavy atom. The highest BCUT2D eigenvalue weighted by atomic mass is 32.2. The number of rotatable bonds is 6. The van der Waals surface area contributed by atoms with E-state index in [1.54, 1.807) is 4.90 Å². The standard InChI is InChI=1S/C21H18F4N4O4S.C11H19NO2/c1-33-17-9-18(34(2,31)32)14(22)8-15(17)27-5-3-4-12-6-13(20(26)30)19-16(7-12)29(11-28-19)10-21(23,24)25;1-9-6-5-7-12(8-9)10(13)14-11(2,3)4/h6-9,11,27H,5,10H2,1-2H3,(H2,26,30);8H,5-7H2,1-4H3. The van der Waals surface area contributed by atoms with Crippen molar-refractivity contribution in [3.8, 4) is 17.6 Å². The Hall–Kier alpha value is -4.78. The molecule has 0 fully saturated rings. The number of nitrogens with one attached hydrogen (secondary N) is 1. The molecule has 0 aliphatic carbocycles. The van der Waals surface area contributed by atoms with Crippen molar-refractivity contribution in [3.63, 3.8) is 0 Å². The van der Waals surface area contributed by atoms with Crippen LogP contribution in [-0.2, 0) is 21.1 Å². The molecular weight excluding hydrogens is 658 g/mol. The molecule has 1 aromatic heterocycles. The van der Waals surface area contributed by atoms with Crippen molar-refractivity contribution >= 4 is 38.6 Å². The topological polar surface area (TPSA) is 146 Å². The van der Waals surface area contributed by atoms with Gasteiger partial charge in [-0.05, 0) is 52.7 Å². The van der Waals surface area contributed by atoms with Gasteiger partial charge in [0.2, 0.25) is 0 Å². The summed E-state index contributed by atoms with van der Waals surface area (Å²) >= 11 is 0. The molecule has 0 saturated heterocycles. The van der Waals surface area contributed by atoms with Gasteiger partial charge in [-0.25, -0.2) is 22.6 Å². The first-order valence-corrected chi connectivity index (χ1v) is 16.4. The van der Waals surface area contributed by atoms with Gasteiger partial charge in [-0.3, -0.25) is 9.69 Å². The minimum absolute atomic E-state index is 0.0200. The maximum Gasteiger partial charge on any atom is 0.414 e. The Kier molecular flexibility index (Phi) is 11.8. The van der Waals surface area contributed by atoms with Crippen molar-refractivity contribution in [2.45, 2.75) is 63.8 Å². The van der Waals surface area contributed by atoms with Crippen LogP contribution < -0.4 is 15.8 Å². The third-order valence-corrected chi connectivity index (χ3v) is 7.68. The summed E-state index contributed by atoms with van der Waals surface area (Å²) in [5, 5.41) is 2.77. The maximum absolute atomic E-state index is 14.2. The molecule has 3 N–H and O–H groups in total. The number of ether oxygens (including phenoxy) is 2. The van der Waals surface area contributed by atoms with E-state index in [2.05, 4.69) is 22.1 Å². The summed E-state index contributed by atoms with van der Waals surface area (Å²) < 4.78 is 87.3. The van der Waals surface area contributed by atoms with E-state index in [-0.39, 0.29) is 46.2 Å². The number of carbonyl (C=O) groups excluding carboxylic acids is 2. The Balaban J connectivity index is 0.000000373. The van der Waals surface area contributed by atoms with E-state index in [1.165, 1.54) is 24.8 Å². The molecule has 0 saturated carbocycles. The number of methoxy groups -OCH3 is 1. The summed E-state index contributed by atoms with van der Waals surface area (Å²) in [5.41, 5.74) is 6.48. The van der Waals surface area contributed by atoms with Crippen LogP contribution >= 0.6 is 0 Å². The van der Waals surface area contributed by atoms with Gasteiger partial charge in [-0.15, -0.1) is 0 Å². The number of nitrogens with zero attached hydrogens (tertiary/aromatic N) is 3. The van der Waals surface area contributed by atoms with Crippen molar-refractivity contribution in [2.75, 3.05) is 31.8 Å². The second-order valence-electron chi connectivity index (χ2n) is 11.9. The van der Waals surface area contributed by atoms with E-state index < -0.39 is 44.8 Å². The SMILES string of the molecule is CC1=CN(C(=O)OC(C)(C)C)CCC1.COc1cc(S(C)(=O)=O)c(F)cc1NCC#Cc1cc(C(N)=O)c2ncn(CC(F)(F)F)c2c1. The van der Waals surface area contributed by atoms with Crippen LogP contribution in [0.2, 0.25) is 0 Å². The molecule has 260 valence electrons. The lowest BCUT2D eigenvalue weighted by molar-refractivity contribution is -0.140.